The average Bonchev–Trinajstić information content (AvgIpc) is 2.43. The minimum absolute atomic E-state index is 0.0344. The molecule has 0 fully saturated rings. The number of nitrogens with zero attached hydrogens (tertiary/aromatic N) is 1. The molecule has 1 aromatic carbocycles. The van der Waals surface area contributed by atoms with E-state index in [0.717, 1.165) is 12.8 Å². The second kappa shape index (κ2) is 8.74. The smallest absolute Gasteiger partial charge is 0.284 e. The highest BCUT2D eigenvalue weighted by atomic mass is 35.5. The Hall–Kier alpha value is -1.46. The minimum atomic E-state index is -0.572. The van der Waals surface area contributed by atoms with Crippen LogP contribution >= 0.6 is 23.2 Å². The summed E-state index contributed by atoms with van der Waals surface area (Å²) in [6.45, 7) is 0. The van der Waals surface area contributed by atoms with Crippen LogP contribution in [0.4, 0.5) is 5.69 Å². The van der Waals surface area contributed by atoms with Gasteiger partial charge in [0.2, 0.25) is 5.24 Å². The van der Waals surface area contributed by atoms with Gasteiger partial charge in [-0.05, 0) is 43.0 Å². The number of hydrogen-bond donors (Lipinski definition) is 0. The number of hydrogen-bond acceptors (Lipinski definition) is 4. The van der Waals surface area contributed by atoms with Gasteiger partial charge >= 0.3 is 0 Å². The zero-order chi connectivity index (χ0) is 15.8. The lowest BCUT2D eigenvalue weighted by Crippen LogP contribution is -2.01. The fourth-order valence-corrected chi connectivity index (χ4v) is 2.48. The largest absolute Gasteiger partial charge is 0.298 e. The van der Waals surface area contributed by atoms with E-state index in [4.69, 9.17) is 23.2 Å². The van der Waals surface area contributed by atoms with E-state index < -0.39 is 4.92 Å². The van der Waals surface area contributed by atoms with Gasteiger partial charge in [0.1, 0.15) is 0 Å². The maximum absolute atomic E-state index is 11.1. The number of halogens is 2. The van der Waals surface area contributed by atoms with Crippen molar-refractivity contribution >= 4 is 40.4 Å². The van der Waals surface area contributed by atoms with E-state index in [1.54, 1.807) is 0 Å². The lowest BCUT2D eigenvalue weighted by Gasteiger charge is -2.07. The maximum Gasteiger partial charge on any atom is 0.284 e. The molecule has 0 heterocycles. The SMILES string of the molecule is O=Cc1ccc(Cl)c(CCCCCCC(=O)Cl)c1[N+](=O)[O-]. The van der Waals surface area contributed by atoms with Crippen LogP contribution in [0.1, 0.15) is 48.0 Å². The van der Waals surface area contributed by atoms with Crippen LogP contribution in [0.25, 0.3) is 0 Å². The molecule has 0 aliphatic heterocycles. The van der Waals surface area contributed by atoms with Crippen LogP contribution in [0, 0.1) is 10.1 Å². The van der Waals surface area contributed by atoms with Crippen molar-refractivity contribution in [3.05, 3.63) is 38.4 Å². The lowest BCUT2D eigenvalue weighted by atomic mass is 10.0. The molecule has 0 spiro atoms. The van der Waals surface area contributed by atoms with Gasteiger partial charge in [-0.3, -0.25) is 19.7 Å². The van der Waals surface area contributed by atoms with Gasteiger partial charge < -0.3 is 0 Å². The Morgan fingerprint density at radius 1 is 1.24 bits per heavy atom. The normalized spacial score (nSPS) is 10.4. The number of unbranched alkanes of at least 4 members (excludes halogenated alkanes) is 3. The summed E-state index contributed by atoms with van der Waals surface area (Å²) in [4.78, 5) is 32.0. The van der Waals surface area contributed by atoms with Gasteiger partial charge in [0, 0.05) is 12.0 Å². The highest BCUT2D eigenvalue weighted by Gasteiger charge is 2.21. The first-order valence-corrected chi connectivity index (χ1v) is 7.32. The first-order chi connectivity index (χ1) is 9.97. The Labute approximate surface area is 132 Å². The minimum Gasteiger partial charge on any atom is -0.298 e. The van der Waals surface area contributed by atoms with Gasteiger partial charge in [0.25, 0.3) is 5.69 Å². The van der Waals surface area contributed by atoms with Crippen LogP contribution in [-0.2, 0) is 11.2 Å². The molecule has 1 aromatic rings. The molecular formula is C14H15Cl2NO4. The van der Waals surface area contributed by atoms with Crippen LogP contribution in [0.15, 0.2) is 12.1 Å². The Kier molecular flexibility index (Phi) is 7.32. The molecule has 7 heteroatoms. The summed E-state index contributed by atoms with van der Waals surface area (Å²) in [5.74, 6) is 0. The van der Waals surface area contributed by atoms with Gasteiger partial charge in [-0.15, -0.1) is 0 Å². The second-order valence-electron chi connectivity index (χ2n) is 4.61. The topological polar surface area (TPSA) is 77.3 Å². The molecule has 0 saturated carbocycles. The molecule has 0 unspecified atom stereocenters. The number of carbonyl (C=O) groups is 2. The Bertz CT molecular complexity index is 546. The van der Waals surface area contributed by atoms with Gasteiger partial charge in [-0.2, -0.15) is 0 Å². The summed E-state index contributed by atoms with van der Waals surface area (Å²) >= 11 is 11.2. The fraction of sp³-hybridized carbons (Fsp3) is 0.429. The van der Waals surface area contributed by atoms with Crippen LogP contribution in [0.3, 0.4) is 0 Å². The van der Waals surface area contributed by atoms with Gasteiger partial charge in [0.05, 0.1) is 15.5 Å². The predicted molar refractivity (Wildman–Crippen MR) is 81.1 cm³/mol. The Morgan fingerprint density at radius 3 is 2.48 bits per heavy atom. The van der Waals surface area contributed by atoms with Gasteiger partial charge in [-0.1, -0.05) is 24.4 Å². The quantitative estimate of drug-likeness (QED) is 0.222. The second-order valence-corrected chi connectivity index (χ2v) is 5.44. The molecule has 21 heavy (non-hydrogen) atoms. The standard InChI is InChI=1S/C14H15Cl2NO4/c15-12-8-7-10(9-18)14(17(20)21)11(12)5-3-1-2-4-6-13(16)19/h7-9H,1-6H2. The maximum atomic E-state index is 11.1. The van der Waals surface area contributed by atoms with Crippen LogP contribution in [0.2, 0.25) is 5.02 Å². The third-order valence-electron chi connectivity index (χ3n) is 3.12. The number of aldehydes is 1. The van der Waals surface area contributed by atoms with Crippen molar-refractivity contribution in [3.8, 4) is 0 Å². The molecule has 0 atom stereocenters. The first-order valence-electron chi connectivity index (χ1n) is 6.56. The molecule has 5 nitrogen and oxygen atoms in total. The molecule has 0 aliphatic rings. The molecule has 0 bridgehead atoms. The molecule has 0 N–H and O–H groups in total. The molecule has 0 aliphatic carbocycles. The number of rotatable bonds is 9. The van der Waals surface area contributed by atoms with E-state index in [1.807, 2.05) is 0 Å². The van der Waals surface area contributed by atoms with Crippen molar-refractivity contribution in [3.63, 3.8) is 0 Å². The van der Waals surface area contributed by atoms with Crippen LogP contribution in [0.5, 0.6) is 0 Å². The fourth-order valence-electron chi connectivity index (χ4n) is 2.10. The van der Waals surface area contributed by atoms with Gasteiger partial charge in [-0.25, -0.2) is 0 Å². The zero-order valence-electron chi connectivity index (χ0n) is 11.3. The Balaban J connectivity index is 2.68. The highest BCUT2D eigenvalue weighted by molar-refractivity contribution is 6.63. The molecule has 1 rings (SSSR count). The predicted octanol–water partition coefficient (Wildman–Crippen LogP) is 4.32. The lowest BCUT2D eigenvalue weighted by molar-refractivity contribution is -0.385. The molecule has 114 valence electrons. The van der Waals surface area contributed by atoms with E-state index in [9.17, 15) is 19.7 Å². The van der Waals surface area contributed by atoms with Crippen LogP contribution < -0.4 is 0 Å². The molecule has 0 amide bonds. The highest BCUT2D eigenvalue weighted by Crippen LogP contribution is 2.31. The summed E-state index contributed by atoms with van der Waals surface area (Å²) in [5.41, 5.74) is 0.209. The van der Waals surface area contributed by atoms with Gasteiger partial charge in [0.15, 0.2) is 6.29 Å². The third-order valence-corrected chi connectivity index (χ3v) is 3.66. The van der Waals surface area contributed by atoms with E-state index >= 15 is 0 Å². The Morgan fingerprint density at radius 2 is 1.90 bits per heavy atom. The number of benzene rings is 1. The van der Waals surface area contributed by atoms with E-state index in [1.165, 1.54) is 12.1 Å². The summed E-state index contributed by atoms with van der Waals surface area (Å²) in [7, 11) is 0. The summed E-state index contributed by atoms with van der Waals surface area (Å²) in [6.07, 6.45) is 4.24. The van der Waals surface area contributed by atoms with E-state index in [-0.39, 0.29) is 16.5 Å². The van der Waals surface area contributed by atoms with E-state index in [2.05, 4.69) is 0 Å². The van der Waals surface area contributed by atoms with Crippen molar-refractivity contribution in [1.82, 2.24) is 0 Å². The van der Waals surface area contributed by atoms with Crippen molar-refractivity contribution < 1.29 is 14.5 Å². The summed E-state index contributed by atoms with van der Waals surface area (Å²) in [5, 5.41) is 11.0. The number of carbonyl (C=O) groups excluding carboxylic acids is 2. The van der Waals surface area contributed by atoms with E-state index in [0.29, 0.717) is 42.6 Å². The monoisotopic (exact) mass is 331 g/mol. The van der Waals surface area contributed by atoms with Crippen molar-refractivity contribution in [2.75, 3.05) is 0 Å². The number of nitro groups is 1. The van der Waals surface area contributed by atoms with Crippen molar-refractivity contribution in [1.29, 1.82) is 0 Å². The zero-order valence-corrected chi connectivity index (χ0v) is 12.8. The molecule has 0 saturated heterocycles. The third kappa shape index (κ3) is 5.44. The first kappa shape index (κ1) is 17.6. The molecular weight excluding hydrogens is 317 g/mol. The van der Waals surface area contributed by atoms with Crippen molar-refractivity contribution in [2.24, 2.45) is 0 Å². The number of nitro benzene ring substituents is 1. The van der Waals surface area contributed by atoms with Crippen LogP contribution in [-0.4, -0.2) is 16.5 Å². The summed E-state index contributed by atoms with van der Waals surface area (Å²) in [6, 6.07) is 2.85. The van der Waals surface area contributed by atoms with Crippen molar-refractivity contribution in [2.45, 2.75) is 38.5 Å². The summed E-state index contributed by atoms with van der Waals surface area (Å²) < 4.78 is 0. The molecule has 0 radical (unpaired) electrons. The molecule has 0 aromatic heterocycles. The average molecular weight is 332 g/mol.